The molecule has 1 aromatic carbocycles. The number of rotatable bonds is 5. The zero-order valence-electron chi connectivity index (χ0n) is 14.9. The number of ether oxygens (including phenoxy) is 6. The largest absolute Gasteiger partial charge is 0.493 e. The highest BCUT2D eigenvalue weighted by molar-refractivity contribution is 5.95. The fourth-order valence-corrected chi connectivity index (χ4v) is 3.42. The Balaban J connectivity index is 2.16. The van der Waals surface area contributed by atoms with Crippen LogP contribution in [-0.4, -0.2) is 75.6 Å². The van der Waals surface area contributed by atoms with E-state index in [9.17, 15) is 15.0 Å². The summed E-state index contributed by atoms with van der Waals surface area (Å²) >= 11 is 0. The van der Waals surface area contributed by atoms with Crippen molar-refractivity contribution >= 4 is 5.97 Å². The molecule has 0 unspecified atom stereocenters. The predicted molar refractivity (Wildman–Crippen MR) is 86.8 cm³/mol. The molecule has 2 heterocycles. The molecule has 0 saturated carbocycles. The second-order valence-electron chi connectivity index (χ2n) is 6.01. The van der Waals surface area contributed by atoms with Crippen molar-refractivity contribution in [3.05, 3.63) is 17.2 Å². The number of aliphatic hydroxyl groups is 2. The first-order chi connectivity index (χ1) is 12.5. The molecule has 0 radical (unpaired) electrons. The summed E-state index contributed by atoms with van der Waals surface area (Å²) in [4.78, 5) is 12.5. The van der Waals surface area contributed by atoms with E-state index >= 15 is 0 Å². The third-order valence-electron chi connectivity index (χ3n) is 4.63. The zero-order valence-corrected chi connectivity index (χ0v) is 14.9. The lowest BCUT2D eigenvalue weighted by molar-refractivity contribution is -0.236. The van der Waals surface area contributed by atoms with Gasteiger partial charge in [0.05, 0.1) is 33.5 Å². The second-order valence-corrected chi connectivity index (χ2v) is 6.01. The molecule has 2 aliphatic rings. The summed E-state index contributed by atoms with van der Waals surface area (Å²) < 4.78 is 32.4. The van der Waals surface area contributed by atoms with Gasteiger partial charge in [-0.1, -0.05) is 0 Å². The highest BCUT2D eigenvalue weighted by Gasteiger charge is 2.52. The van der Waals surface area contributed by atoms with Crippen molar-refractivity contribution < 1.29 is 43.4 Å². The molecular weight excluding hydrogens is 348 g/mol. The Labute approximate surface area is 150 Å². The van der Waals surface area contributed by atoms with E-state index in [0.29, 0.717) is 11.3 Å². The van der Waals surface area contributed by atoms with Gasteiger partial charge in [0.2, 0.25) is 5.75 Å². The number of carbonyl (C=O) groups is 1. The fraction of sp³-hybridized carbons (Fsp3) is 0.588. The third kappa shape index (κ3) is 2.77. The first kappa shape index (κ1) is 18.7. The minimum atomic E-state index is -1.34. The summed E-state index contributed by atoms with van der Waals surface area (Å²) in [6.45, 7) is 0.0559. The number of carbonyl (C=O) groups excluding carboxylic acids is 1. The molecule has 9 nitrogen and oxygen atoms in total. The summed E-state index contributed by atoms with van der Waals surface area (Å²) in [6, 6.07) is 1.47. The van der Waals surface area contributed by atoms with Gasteiger partial charge in [-0.2, -0.15) is 0 Å². The van der Waals surface area contributed by atoms with Crippen molar-refractivity contribution in [3.8, 4) is 17.2 Å². The molecular formula is C17H22O9. The van der Waals surface area contributed by atoms with Crippen LogP contribution in [0.3, 0.4) is 0 Å². The van der Waals surface area contributed by atoms with Gasteiger partial charge in [0.25, 0.3) is 0 Å². The smallest absolute Gasteiger partial charge is 0.339 e. The Kier molecular flexibility index (Phi) is 5.24. The molecule has 1 aromatic rings. The Morgan fingerprint density at radius 3 is 2.31 bits per heavy atom. The molecule has 9 heteroatoms. The number of aliphatic hydroxyl groups excluding tert-OH is 2. The number of methoxy groups -OCH3 is 4. The summed E-state index contributed by atoms with van der Waals surface area (Å²) in [5, 5.41) is 20.7. The average molecular weight is 370 g/mol. The molecule has 2 N–H and O–H groups in total. The maximum Gasteiger partial charge on any atom is 0.339 e. The van der Waals surface area contributed by atoms with E-state index in [4.69, 9.17) is 28.4 Å². The molecule has 0 amide bonds. The molecule has 0 aromatic heterocycles. The van der Waals surface area contributed by atoms with Gasteiger partial charge in [0.15, 0.2) is 17.6 Å². The van der Waals surface area contributed by atoms with Crippen molar-refractivity contribution in [2.45, 2.75) is 30.5 Å². The molecule has 2 aliphatic heterocycles. The highest BCUT2D eigenvalue weighted by Crippen LogP contribution is 2.50. The molecule has 3 rings (SSSR count). The lowest BCUT2D eigenvalue weighted by Gasteiger charge is -2.45. The van der Waals surface area contributed by atoms with E-state index in [0.717, 1.165) is 0 Å². The SMILES string of the molecule is COC[C@H]1O[C@H]2c3c(cc(OC)c(OC)c3OC)C(=O)O[C@@H]2[C@@H](O)[C@@H]1O. The average Bonchev–Trinajstić information content (AvgIpc) is 2.65. The summed E-state index contributed by atoms with van der Waals surface area (Å²) in [7, 11) is 5.76. The highest BCUT2D eigenvalue weighted by atomic mass is 16.6. The lowest BCUT2D eigenvalue weighted by Crippen LogP contribution is -2.58. The second kappa shape index (κ2) is 7.28. The monoisotopic (exact) mass is 370 g/mol. The Bertz CT molecular complexity index is 689. The van der Waals surface area contributed by atoms with Crippen LogP contribution in [0.1, 0.15) is 22.0 Å². The van der Waals surface area contributed by atoms with Crippen molar-refractivity contribution in [3.63, 3.8) is 0 Å². The van der Waals surface area contributed by atoms with Gasteiger partial charge < -0.3 is 38.6 Å². The van der Waals surface area contributed by atoms with Crippen LogP contribution >= 0.6 is 0 Å². The minimum absolute atomic E-state index is 0.0559. The Hall–Kier alpha value is -2.07. The van der Waals surface area contributed by atoms with Crippen LogP contribution in [0.5, 0.6) is 17.2 Å². The van der Waals surface area contributed by atoms with Gasteiger partial charge in [-0.05, 0) is 6.07 Å². The zero-order chi connectivity index (χ0) is 19.0. The molecule has 0 bridgehead atoms. The van der Waals surface area contributed by atoms with Crippen LogP contribution in [0.25, 0.3) is 0 Å². The van der Waals surface area contributed by atoms with E-state index in [2.05, 4.69) is 0 Å². The number of hydrogen-bond donors (Lipinski definition) is 2. The fourth-order valence-electron chi connectivity index (χ4n) is 3.42. The number of benzene rings is 1. The van der Waals surface area contributed by atoms with E-state index in [1.54, 1.807) is 0 Å². The quantitative estimate of drug-likeness (QED) is 0.695. The molecule has 0 spiro atoms. The summed E-state index contributed by atoms with van der Waals surface area (Å²) in [5.74, 6) is 0.145. The summed E-state index contributed by atoms with van der Waals surface area (Å²) in [6.07, 6.45) is -5.37. The Morgan fingerprint density at radius 1 is 1.04 bits per heavy atom. The summed E-state index contributed by atoms with van der Waals surface area (Å²) in [5.41, 5.74) is 0.555. The van der Waals surface area contributed by atoms with Gasteiger partial charge in [0.1, 0.15) is 24.4 Å². The Morgan fingerprint density at radius 2 is 1.73 bits per heavy atom. The maximum absolute atomic E-state index is 12.5. The minimum Gasteiger partial charge on any atom is -0.493 e. The van der Waals surface area contributed by atoms with Crippen LogP contribution < -0.4 is 14.2 Å². The van der Waals surface area contributed by atoms with Gasteiger partial charge in [-0.3, -0.25) is 0 Å². The first-order valence-electron chi connectivity index (χ1n) is 8.02. The van der Waals surface area contributed by atoms with Gasteiger partial charge in [-0.25, -0.2) is 4.79 Å². The maximum atomic E-state index is 12.5. The molecule has 144 valence electrons. The number of hydrogen-bond acceptors (Lipinski definition) is 9. The predicted octanol–water partition coefficient (Wildman–Crippen LogP) is 0.0595. The van der Waals surface area contributed by atoms with Crippen LogP contribution in [0, 0.1) is 0 Å². The van der Waals surface area contributed by atoms with Crippen molar-refractivity contribution in [2.24, 2.45) is 0 Å². The van der Waals surface area contributed by atoms with Crippen LogP contribution in [-0.2, 0) is 14.2 Å². The van der Waals surface area contributed by atoms with Gasteiger partial charge in [-0.15, -0.1) is 0 Å². The van der Waals surface area contributed by atoms with E-state index in [1.165, 1.54) is 34.5 Å². The van der Waals surface area contributed by atoms with Crippen molar-refractivity contribution in [2.75, 3.05) is 35.0 Å². The van der Waals surface area contributed by atoms with E-state index in [-0.39, 0.29) is 23.7 Å². The topological polar surface area (TPSA) is 113 Å². The number of fused-ring (bicyclic) bond motifs is 3. The van der Waals surface area contributed by atoms with Crippen LogP contribution in [0.2, 0.25) is 0 Å². The van der Waals surface area contributed by atoms with Crippen molar-refractivity contribution in [1.82, 2.24) is 0 Å². The molecule has 1 saturated heterocycles. The molecule has 0 aliphatic carbocycles. The van der Waals surface area contributed by atoms with Gasteiger partial charge in [0, 0.05) is 12.7 Å². The van der Waals surface area contributed by atoms with Crippen LogP contribution in [0.15, 0.2) is 6.07 Å². The van der Waals surface area contributed by atoms with E-state index < -0.39 is 36.5 Å². The molecule has 1 fully saturated rings. The van der Waals surface area contributed by atoms with Gasteiger partial charge >= 0.3 is 5.97 Å². The molecule has 26 heavy (non-hydrogen) atoms. The first-order valence-corrected chi connectivity index (χ1v) is 8.02. The standard InChI is InChI=1S/C17H22O9/c1-21-6-9-11(18)12(19)16-15(25-9)10-7(17(20)26-16)5-8(22-2)13(23-3)14(10)24-4/h5,9,11-12,15-16,18-19H,6H2,1-4H3/t9-,11-,12+,15+,16-/m1/s1. The molecule has 5 atom stereocenters. The lowest BCUT2D eigenvalue weighted by atomic mass is 9.86. The van der Waals surface area contributed by atoms with E-state index in [1.807, 2.05) is 0 Å². The third-order valence-corrected chi connectivity index (χ3v) is 4.63. The number of esters is 1. The van der Waals surface area contributed by atoms with Crippen LogP contribution in [0.4, 0.5) is 0 Å². The van der Waals surface area contributed by atoms with Crippen molar-refractivity contribution in [1.29, 1.82) is 0 Å². The normalized spacial score (nSPS) is 30.1.